The Morgan fingerprint density at radius 2 is 2.04 bits per heavy atom. The number of hydrogen-bond acceptors (Lipinski definition) is 5. The van der Waals surface area contributed by atoms with Gasteiger partial charge in [-0.15, -0.1) is 0 Å². The van der Waals surface area contributed by atoms with Crippen LogP contribution in [0.3, 0.4) is 0 Å². The van der Waals surface area contributed by atoms with Gasteiger partial charge in [-0.1, -0.05) is 6.42 Å². The van der Waals surface area contributed by atoms with Gasteiger partial charge in [0.05, 0.1) is 25.3 Å². The maximum Gasteiger partial charge on any atom is 0.345 e. The molecule has 0 aromatic carbocycles. The van der Waals surface area contributed by atoms with Crippen molar-refractivity contribution in [3.63, 3.8) is 0 Å². The molecule has 2 atom stereocenters. The summed E-state index contributed by atoms with van der Waals surface area (Å²) in [4.78, 5) is 32.8. The van der Waals surface area contributed by atoms with E-state index in [2.05, 4.69) is 20.2 Å². The first-order valence-corrected chi connectivity index (χ1v) is 9.22. The minimum absolute atomic E-state index is 0.0301. The van der Waals surface area contributed by atoms with E-state index in [1.165, 1.54) is 19.3 Å². The first-order valence-electron chi connectivity index (χ1n) is 9.22. The molecular formula is C18H28N4O3. The molecule has 3 heterocycles. The number of H-pyrrole nitrogens is 1. The average Bonchev–Trinajstić information content (AvgIpc) is 3.02. The molecule has 25 heavy (non-hydrogen) atoms. The van der Waals surface area contributed by atoms with Crippen LogP contribution < -0.4 is 11.0 Å². The lowest BCUT2D eigenvalue weighted by atomic mass is 10.0. The molecule has 0 bridgehead atoms. The highest BCUT2D eigenvalue weighted by Gasteiger charge is 2.34. The largest absolute Gasteiger partial charge is 0.378 e. The molecular weight excluding hydrogens is 320 g/mol. The topological polar surface area (TPSA) is 87.3 Å². The van der Waals surface area contributed by atoms with Gasteiger partial charge < -0.3 is 15.0 Å². The van der Waals surface area contributed by atoms with Crippen molar-refractivity contribution in [1.29, 1.82) is 0 Å². The van der Waals surface area contributed by atoms with Crippen molar-refractivity contribution in [1.82, 2.24) is 20.2 Å². The molecule has 7 nitrogen and oxygen atoms in total. The number of likely N-dealkylation sites (tertiary alicyclic amines) is 1. The Morgan fingerprint density at radius 1 is 1.28 bits per heavy atom. The van der Waals surface area contributed by atoms with Crippen molar-refractivity contribution in [3.05, 3.63) is 27.4 Å². The predicted octanol–water partition coefficient (Wildman–Crippen LogP) is 0.689. The fourth-order valence-electron chi connectivity index (χ4n) is 3.93. The normalized spacial score (nSPS) is 24.4. The number of aryl methyl sites for hydroxylation is 2. The Bertz CT molecular complexity index is 641. The van der Waals surface area contributed by atoms with Crippen molar-refractivity contribution in [2.75, 3.05) is 26.3 Å². The SMILES string of the molecule is Cc1nc(=O)[nH]c(C)c1CCC(=O)N[C@H]1COC[C@@H]1N1CCCCC1. The summed E-state index contributed by atoms with van der Waals surface area (Å²) in [6.07, 6.45) is 4.73. The van der Waals surface area contributed by atoms with Crippen LogP contribution in [0.15, 0.2) is 4.79 Å². The minimum Gasteiger partial charge on any atom is -0.378 e. The van der Waals surface area contributed by atoms with Gasteiger partial charge in [0.1, 0.15) is 0 Å². The number of aromatic nitrogens is 2. The second-order valence-electron chi connectivity index (χ2n) is 7.11. The third-order valence-electron chi connectivity index (χ3n) is 5.31. The summed E-state index contributed by atoms with van der Waals surface area (Å²) >= 11 is 0. The molecule has 2 aliphatic rings. The highest BCUT2D eigenvalue weighted by molar-refractivity contribution is 5.76. The highest BCUT2D eigenvalue weighted by atomic mass is 16.5. The number of ether oxygens (including phenoxy) is 1. The molecule has 3 rings (SSSR count). The van der Waals surface area contributed by atoms with E-state index in [-0.39, 0.29) is 17.6 Å². The van der Waals surface area contributed by atoms with Crippen LogP contribution in [0.2, 0.25) is 0 Å². The number of hydrogen-bond donors (Lipinski definition) is 2. The first kappa shape index (κ1) is 18.1. The quantitative estimate of drug-likeness (QED) is 0.817. The molecule has 2 aliphatic heterocycles. The summed E-state index contributed by atoms with van der Waals surface area (Å²) in [6, 6.07) is 0.365. The van der Waals surface area contributed by atoms with Gasteiger partial charge in [-0.05, 0) is 51.8 Å². The Labute approximate surface area is 148 Å². The minimum atomic E-state index is -0.337. The fraction of sp³-hybridized carbons (Fsp3) is 0.722. The number of nitrogens with one attached hydrogen (secondary N) is 2. The molecule has 0 aliphatic carbocycles. The zero-order valence-corrected chi connectivity index (χ0v) is 15.1. The van der Waals surface area contributed by atoms with E-state index >= 15 is 0 Å². The first-order chi connectivity index (χ1) is 12.0. The number of rotatable bonds is 5. The second kappa shape index (κ2) is 8.10. The summed E-state index contributed by atoms with van der Waals surface area (Å²) in [5, 5.41) is 3.15. The van der Waals surface area contributed by atoms with Crippen molar-refractivity contribution in [3.8, 4) is 0 Å². The lowest BCUT2D eigenvalue weighted by molar-refractivity contribution is -0.122. The van der Waals surface area contributed by atoms with Crippen molar-refractivity contribution >= 4 is 5.91 Å². The van der Waals surface area contributed by atoms with Crippen LogP contribution in [0, 0.1) is 13.8 Å². The summed E-state index contributed by atoms with van der Waals surface area (Å²) in [5.74, 6) is 0.0301. The maximum atomic E-state index is 12.4. The zero-order chi connectivity index (χ0) is 17.8. The van der Waals surface area contributed by atoms with E-state index in [0.717, 1.165) is 24.3 Å². The zero-order valence-electron chi connectivity index (χ0n) is 15.1. The number of amides is 1. The molecule has 2 saturated heterocycles. The molecule has 7 heteroatoms. The van der Waals surface area contributed by atoms with E-state index < -0.39 is 0 Å². The number of piperidine rings is 1. The molecule has 0 radical (unpaired) electrons. The van der Waals surface area contributed by atoms with E-state index in [0.29, 0.717) is 37.8 Å². The highest BCUT2D eigenvalue weighted by Crippen LogP contribution is 2.19. The van der Waals surface area contributed by atoms with Crippen LogP contribution in [-0.2, 0) is 16.0 Å². The van der Waals surface area contributed by atoms with E-state index in [4.69, 9.17) is 4.74 Å². The Hall–Kier alpha value is -1.73. The molecule has 1 aromatic heterocycles. The number of carbonyl (C=O) groups excluding carboxylic acids is 1. The lowest BCUT2D eigenvalue weighted by Crippen LogP contribution is -2.52. The number of carbonyl (C=O) groups is 1. The molecule has 0 unspecified atom stereocenters. The van der Waals surface area contributed by atoms with Gasteiger partial charge in [-0.25, -0.2) is 4.79 Å². The maximum absolute atomic E-state index is 12.4. The standard InChI is InChI=1S/C18H28N4O3/c1-12-14(13(2)20-18(24)19-12)6-7-17(23)21-15-10-25-11-16(15)22-8-4-3-5-9-22/h15-16H,3-11H2,1-2H3,(H,21,23)(H,19,20,24)/t15-,16-/m0/s1. The van der Waals surface area contributed by atoms with Gasteiger partial charge in [-0.3, -0.25) is 9.69 Å². The van der Waals surface area contributed by atoms with Crippen LogP contribution in [-0.4, -0.2) is 59.2 Å². The summed E-state index contributed by atoms with van der Waals surface area (Å²) in [7, 11) is 0. The molecule has 2 N–H and O–H groups in total. The molecule has 138 valence electrons. The predicted molar refractivity (Wildman–Crippen MR) is 94.6 cm³/mol. The van der Waals surface area contributed by atoms with Crippen molar-refractivity contribution in [2.24, 2.45) is 0 Å². The van der Waals surface area contributed by atoms with E-state index in [1.54, 1.807) is 0 Å². The van der Waals surface area contributed by atoms with E-state index in [1.807, 2.05) is 13.8 Å². The average molecular weight is 348 g/mol. The van der Waals surface area contributed by atoms with Crippen LogP contribution in [0.5, 0.6) is 0 Å². The second-order valence-corrected chi connectivity index (χ2v) is 7.11. The third-order valence-corrected chi connectivity index (χ3v) is 5.31. The van der Waals surface area contributed by atoms with Gasteiger partial charge >= 0.3 is 5.69 Å². The van der Waals surface area contributed by atoms with Gasteiger partial charge in [-0.2, -0.15) is 4.98 Å². The van der Waals surface area contributed by atoms with Crippen LogP contribution in [0.1, 0.15) is 42.6 Å². The summed E-state index contributed by atoms with van der Waals surface area (Å²) < 4.78 is 5.63. The van der Waals surface area contributed by atoms with Crippen molar-refractivity contribution in [2.45, 2.75) is 58.0 Å². The van der Waals surface area contributed by atoms with Crippen LogP contribution in [0.25, 0.3) is 0 Å². The van der Waals surface area contributed by atoms with Gasteiger partial charge in [0.15, 0.2) is 0 Å². The fourth-order valence-corrected chi connectivity index (χ4v) is 3.93. The van der Waals surface area contributed by atoms with Gasteiger partial charge in [0.2, 0.25) is 5.91 Å². The molecule has 2 fully saturated rings. The molecule has 1 amide bonds. The van der Waals surface area contributed by atoms with Crippen molar-refractivity contribution < 1.29 is 9.53 Å². The van der Waals surface area contributed by atoms with Crippen LogP contribution in [0.4, 0.5) is 0 Å². The van der Waals surface area contributed by atoms with Gasteiger partial charge in [0, 0.05) is 17.8 Å². The summed E-state index contributed by atoms with van der Waals surface area (Å²) in [6.45, 7) is 7.15. The Balaban J connectivity index is 1.54. The molecule has 1 aromatic rings. The summed E-state index contributed by atoms with van der Waals surface area (Å²) in [5.41, 5.74) is 2.10. The Kier molecular flexibility index (Phi) is 5.86. The number of nitrogens with zero attached hydrogens (tertiary/aromatic N) is 2. The third kappa shape index (κ3) is 4.46. The van der Waals surface area contributed by atoms with Gasteiger partial charge in [0.25, 0.3) is 0 Å². The number of aromatic amines is 1. The monoisotopic (exact) mass is 348 g/mol. The molecule has 0 saturated carbocycles. The Morgan fingerprint density at radius 3 is 2.76 bits per heavy atom. The van der Waals surface area contributed by atoms with E-state index in [9.17, 15) is 9.59 Å². The molecule has 0 spiro atoms. The lowest BCUT2D eigenvalue weighted by Gasteiger charge is -2.34. The van der Waals surface area contributed by atoms with Crippen LogP contribution >= 0.6 is 0 Å². The smallest absolute Gasteiger partial charge is 0.345 e.